The summed E-state index contributed by atoms with van der Waals surface area (Å²) >= 11 is 0. The molecule has 1 rings (SSSR count). The molecule has 2 atom stereocenters. The molecule has 0 saturated heterocycles. The minimum atomic E-state index is -4.40. The number of hydrogen-bond acceptors (Lipinski definition) is 3. The molecule has 0 aliphatic heterocycles. The zero-order chi connectivity index (χ0) is 14.6. The van der Waals surface area contributed by atoms with Crippen LogP contribution in [-0.2, 0) is 6.54 Å². The Morgan fingerprint density at radius 3 is 2.74 bits per heavy atom. The number of carbonyl (C=O) groups excluding carboxylic acids is 1. The molecule has 8 heteroatoms. The second-order valence-electron chi connectivity index (χ2n) is 4.25. The van der Waals surface area contributed by atoms with Gasteiger partial charge in [0.2, 0.25) is 0 Å². The third kappa shape index (κ3) is 4.92. The Balaban J connectivity index is 2.65. The van der Waals surface area contributed by atoms with Crippen molar-refractivity contribution in [3.63, 3.8) is 0 Å². The summed E-state index contributed by atoms with van der Waals surface area (Å²) < 4.78 is 37.6. The Kier molecular flexibility index (Phi) is 4.96. The molecule has 0 spiro atoms. The molecule has 0 aliphatic rings. The normalized spacial score (nSPS) is 15.1. The van der Waals surface area contributed by atoms with Crippen molar-refractivity contribution in [2.45, 2.75) is 31.8 Å². The van der Waals surface area contributed by atoms with Crippen LogP contribution in [0.4, 0.5) is 13.2 Å². The molecule has 5 nitrogen and oxygen atoms in total. The monoisotopic (exact) mass is 279 g/mol. The zero-order valence-electron chi connectivity index (χ0n) is 10.3. The van der Waals surface area contributed by atoms with Crippen molar-refractivity contribution in [3.05, 3.63) is 24.0 Å². The second kappa shape index (κ2) is 6.07. The molecule has 19 heavy (non-hydrogen) atoms. The number of nitrogens with two attached hydrogens (primary N) is 1. The molecule has 1 aromatic rings. The molecule has 0 radical (unpaired) electrons. The lowest BCUT2D eigenvalue weighted by Gasteiger charge is -2.16. The lowest BCUT2D eigenvalue weighted by atomic mass is 10.2. The third-order valence-electron chi connectivity index (χ3n) is 2.53. The summed E-state index contributed by atoms with van der Waals surface area (Å²) in [4.78, 5) is 11.7. The maximum Gasteiger partial charge on any atom is 0.406 e. The molecule has 0 aliphatic carbocycles. The number of aromatic nitrogens is 1. The number of aliphatic hydroxyl groups excluding tert-OH is 1. The quantitative estimate of drug-likeness (QED) is 0.733. The van der Waals surface area contributed by atoms with Crippen LogP contribution in [-0.4, -0.2) is 40.4 Å². The molecule has 1 amide bonds. The van der Waals surface area contributed by atoms with Gasteiger partial charge in [-0.05, 0) is 19.1 Å². The number of nitrogens with one attached hydrogen (secondary N) is 1. The largest absolute Gasteiger partial charge is 0.406 e. The summed E-state index contributed by atoms with van der Waals surface area (Å²) in [5.74, 6) is -0.662. The Labute approximate surface area is 108 Å². The Morgan fingerprint density at radius 1 is 1.58 bits per heavy atom. The molecule has 4 N–H and O–H groups in total. The fourth-order valence-electron chi connectivity index (χ4n) is 1.42. The predicted octanol–water partition coefficient (Wildman–Crippen LogP) is 0.488. The van der Waals surface area contributed by atoms with Gasteiger partial charge in [-0.3, -0.25) is 4.79 Å². The van der Waals surface area contributed by atoms with Crippen molar-refractivity contribution in [2.75, 3.05) is 6.54 Å². The van der Waals surface area contributed by atoms with E-state index in [1.807, 2.05) is 0 Å². The summed E-state index contributed by atoms with van der Waals surface area (Å²) in [6, 6.07) is 1.97. The number of amides is 1. The van der Waals surface area contributed by atoms with Gasteiger partial charge >= 0.3 is 6.18 Å². The van der Waals surface area contributed by atoms with Crippen molar-refractivity contribution >= 4 is 5.91 Å². The minimum Gasteiger partial charge on any atom is -0.392 e. The van der Waals surface area contributed by atoms with Gasteiger partial charge in [-0.15, -0.1) is 0 Å². The van der Waals surface area contributed by atoms with E-state index in [4.69, 9.17) is 10.8 Å². The molecule has 108 valence electrons. The van der Waals surface area contributed by atoms with Crippen LogP contribution in [0.15, 0.2) is 18.3 Å². The lowest BCUT2D eigenvalue weighted by molar-refractivity contribution is -0.140. The van der Waals surface area contributed by atoms with Gasteiger partial charge < -0.3 is 20.7 Å². The van der Waals surface area contributed by atoms with Crippen LogP contribution in [0.1, 0.15) is 17.4 Å². The predicted molar refractivity (Wildman–Crippen MR) is 62.5 cm³/mol. The number of aliphatic hydroxyl groups is 1. The van der Waals surface area contributed by atoms with Crippen molar-refractivity contribution in [1.29, 1.82) is 0 Å². The van der Waals surface area contributed by atoms with Crippen LogP contribution >= 0.6 is 0 Å². The van der Waals surface area contributed by atoms with Crippen LogP contribution in [0.25, 0.3) is 0 Å². The number of nitrogens with zero attached hydrogens (tertiary/aromatic N) is 1. The van der Waals surface area contributed by atoms with E-state index in [1.54, 1.807) is 0 Å². The first-order chi connectivity index (χ1) is 8.70. The highest BCUT2D eigenvalue weighted by Crippen LogP contribution is 2.18. The van der Waals surface area contributed by atoms with E-state index < -0.39 is 30.8 Å². The topological polar surface area (TPSA) is 80.3 Å². The fourth-order valence-corrected chi connectivity index (χ4v) is 1.42. The van der Waals surface area contributed by atoms with Crippen molar-refractivity contribution in [2.24, 2.45) is 5.73 Å². The first-order valence-corrected chi connectivity index (χ1v) is 5.64. The summed E-state index contributed by atoms with van der Waals surface area (Å²) in [5.41, 5.74) is 5.40. The fraction of sp³-hybridized carbons (Fsp3) is 0.545. The molecule has 0 aromatic carbocycles. The van der Waals surface area contributed by atoms with E-state index in [0.29, 0.717) is 0 Å². The van der Waals surface area contributed by atoms with Gasteiger partial charge in [-0.2, -0.15) is 13.2 Å². The van der Waals surface area contributed by atoms with Crippen LogP contribution in [0.2, 0.25) is 0 Å². The van der Waals surface area contributed by atoms with Crippen LogP contribution in [0.5, 0.6) is 0 Å². The first-order valence-electron chi connectivity index (χ1n) is 5.64. The minimum absolute atomic E-state index is 0.0201. The number of hydrogen-bond donors (Lipinski definition) is 3. The van der Waals surface area contributed by atoms with E-state index in [0.717, 1.165) is 4.57 Å². The maximum atomic E-state index is 12.3. The molecule has 0 saturated carbocycles. The molecule has 0 fully saturated rings. The van der Waals surface area contributed by atoms with Gasteiger partial charge in [0.05, 0.1) is 6.10 Å². The maximum absolute atomic E-state index is 12.3. The number of halogens is 3. The van der Waals surface area contributed by atoms with Crippen molar-refractivity contribution in [3.8, 4) is 0 Å². The van der Waals surface area contributed by atoms with Gasteiger partial charge in [0.15, 0.2) is 0 Å². The average Bonchev–Trinajstić information content (AvgIpc) is 2.70. The van der Waals surface area contributed by atoms with Gasteiger partial charge in [0.1, 0.15) is 12.2 Å². The summed E-state index contributed by atoms with van der Waals surface area (Å²) in [6.45, 7) is 0.210. The molecular weight excluding hydrogens is 263 g/mol. The van der Waals surface area contributed by atoms with Gasteiger partial charge in [0.25, 0.3) is 5.91 Å². The number of carbonyl (C=O) groups is 1. The smallest absolute Gasteiger partial charge is 0.392 e. The Morgan fingerprint density at radius 2 is 2.21 bits per heavy atom. The van der Waals surface area contributed by atoms with Gasteiger partial charge in [-0.25, -0.2) is 0 Å². The highest BCUT2D eigenvalue weighted by Gasteiger charge is 2.29. The van der Waals surface area contributed by atoms with Crippen molar-refractivity contribution in [1.82, 2.24) is 9.88 Å². The van der Waals surface area contributed by atoms with Crippen LogP contribution in [0, 0.1) is 0 Å². The highest BCUT2D eigenvalue weighted by atomic mass is 19.4. The highest BCUT2D eigenvalue weighted by molar-refractivity contribution is 5.92. The number of rotatable bonds is 5. The summed E-state index contributed by atoms with van der Waals surface area (Å²) in [6.07, 6.45) is -4.04. The van der Waals surface area contributed by atoms with E-state index in [2.05, 4.69) is 5.32 Å². The van der Waals surface area contributed by atoms with Crippen LogP contribution < -0.4 is 11.1 Å². The van der Waals surface area contributed by atoms with Crippen LogP contribution in [0.3, 0.4) is 0 Å². The first kappa shape index (κ1) is 15.5. The molecule has 2 unspecified atom stereocenters. The zero-order valence-corrected chi connectivity index (χ0v) is 10.3. The van der Waals surface area contributed by atoms with E-state index in [1.165, 1.54) is 25.3 Å². The van der Waals surface area contributed by atoms with E-state index in [-0.39, 0.29) is 12.2 Å². The van der Waals surface area contributed by atoms with Gasteiger partial charge in [0, 0.05) is 18.8 Å². The molecule has 1 heterocycles. The molecular formula is C11H16F3N3O2. The van der Waals surface area contributed by atoms with E-state index in [9.17, 15) is 18.0 Å². The Bertz CT molecular complexity index is 429. The summed E-state index contributed by atoms with van der Waals surface area (Å²) in [5, 5.41) is 11.5. The van der Waals surface area contributed by atoms with Crippen molar-refractivity contribution < 1.29 is 23.1 Å². The van der Waals surface area contributed by atoms with E-state index >= 15 is 0 Å². The lowest BCUT2D eigenvalue weighted by Crippen LogP contribution is -2.44. The average molecular weight is 279 g/mol. The molecule has 1 aromatic heterocycles. The molecule has 0 bridgehead atoms. The Hall–Kier alpha value is -1.54. The van der Waals surface area contributed by atoms with Gasteiger partial charge in [-0.1, -0.05) is 0 Å². The number of alkyl halides is 3. The standard InChI is InChI=1S/C11H16F3N3O2/c1-7(18)8(15)5-16-10(19)9-3-2-4-17(9)6-11(12,13)14/h2-4,7-8,18H,5-6,15H2,1H3,(H,16,19). The summed E-state index contributed by atoms with van der Waals surface area (Å²) in [7, 11) is 0. The second-order valence-corrected chi connectivity index (χ2v) is 4.25. The SMILES string of the molecule is CC(O)C(N)CNC(=O)c1cccn1CC(F)(F)F. The third-order valence-corrected chi connectivity index (χ3v) is 2.53.